The predicted molar refractivity (Wildman–Crippen MR) is 86.6 cm³/mol. The molecule has 0 fully saturated rings. The minimum atomic E-state index is -0.390. The smallest absolute Gasteiger partial charge is 0.287 e. The van der Waals surface area contributed by atoms with E-state index in [9.17, 15) is 9.59 Å². The average Bonchev–Trinajstić information content (AvgIpc) is 3.19. The molecule has 3 aromatic rings. The molecule has 0 radical (unpaired) electrons. The fraction of sp³-hybridized carbons (Fsp3) is 0.333. The van der Waals surface area contributed by atoms with Crippen LogP contribution in [-0.2, 0) is 26.4 Å². The van der Waals surface area contributed by atoms with E-state index in [4.69, 9.17) is 0 Å². The topological polar surface area (TPSA) is 92.7 Å². The summed E-state index contributed by atoms with van der Waals surface area (Å²) < 4.78 is 1.82. The Hall–Kier alpha value is -2.48. The van der Waals surface area contributed by atoms with Gasteiger partial charge in [-0.25, -0.2) is 9.97 Å². The molecule has 1 amide bonds. The van der Waals surface area contributed by atoms with E-state index in [2.05, 4.69) is 20.3 Å². The first-order chi connectivity index (χ1) is 11.1. The standard InChI is InChI=1S/C15H15N5O2S/c1-20-7-16-5-8(20)6-17-14(22)12-18-13(21)11-9-3-2-4-10(9)23-15(11)19-12/h5,7H,2-4,6H2,1H3,(H,17,22)(H,18,19,21). The van der Waals surface area contributed by atoms with Gasteiger partial charge in [-0.2, -0.15) is 0 Å². The highest BCUT2D eigenvalue weighted by atomic mass is 32.1. The van der Waals surface area contributed by atoms with E-state index in [-0.39, 0.29) is 11.4 Å². The van der Waals surface area contributed by atoms with Gasteiger partial charge >= 0.3 is 0 Å². The van der Waals surface area contributed by atoms with Gasteiger partial charge < -0.3 is 14.9 Å². The number of aromatic amines is 1. The summed E-state index contributed by atoms with van der Waals surface area (Å²) in [4.78, 5) is 37.4. The van der Waals surface area contributed by atoms with Gasteiger partial charge in [-0.05, 0) is 24.8 Å². The van der Waals surface area contributed by atoms with Gasteiger partial charge in [0.15, 0.2) is 0 Å². The van der Waals surface area contributed by atoms with Crippen LogP contribution in [0.4, 0.5) is 0 Å². The molecule has 8 heteroatoms. The molecule has 0 atom stereocenters. The summed E-state index contributed by atoms with van der Waals surface area (Å²) >= 11 is 1.53. The first kappa shape index (κ1) is 14.1. The van der Waals surface area contributed by atoms with Crippen molar-refractivity contribution in [2.45, 2.75) is 25.8 Å². The molecule has 23 heavy (non-hydrogen) atoms. The molecule has 1 aliphatic rings. The van der Waals surface area contributed by atoms with Gasteiger partial charge in [-0.1, -0.05) is 0 Å². The van der Waals surface area contributed by atoms with Crippen molar-refractivity contribution in [2.24, 2.45) is 7.05 Å². The second kappa shape index (κ2) is 5.31. The number of hydrogen-bond donors (Lipinski definition) is 2. The predicted octanol–water partition coefficient (Wildman–Crippen LogP) is 1.14. The lowest BCUT2D eigenvalue weighted by atomic mass is 10.2. The van der Waals surface area contributed by atoms with Crippen molar-refractivity contribution in [2.75, 3.05) is 0 Å². The number of thiophene rings is 1. The van der Waals surface area contributed by atoms with Gasteiger partial charge in [0.25, 0.3) is 11.5 Å². The molecule has 4 rings (SSSR count). The highest BCUT2D eigenvalue weighted by Crippen LogP contribution is 2.34. The van der Waals surface area contributed by atoms with Crippen LogP contribution >= 0.6 is 11.3 Å². The molecular weight excluding hydrogens is 314 g/mol. The van der Waals surface area contributed by atoms with Crippen LogP contribution in [0.2, 0.25) is 0 Å². The summed E-state index contributed by atoms with van der Waals surface area (Å²) in [5, 5.41) is 3.41. The van der Waals surface area contributed by atoms with E-state index < -0.39 is 5.91 Å². The zero-order chi connectivity index (χ0) is 16.0. The molecule has 0 spiro atoms. The number of fused-ring (bicyclic) bond motifs is 3. The average molecular weight is 329 g/mol. The van der Waals surface area contributed by atoms with Crippen LogP contribution in [-0.4, -0.2) is 25.4 Å². The number of aryl methyl sites for hydroxylation is 3. The molecule has 0 aliphatic heterocycles. The van der Waals surface area contributed by atoms with Crippen molar-refractivity contribution < 1.29 is 4.79 Å². The Balaban J connectivity index is 1.63. The van der Waals surface area contributed by atoms with Crippen LogP contribution in [0.25, 0.3) is 10.2 Å². The SMILES string of the molecule is Cn1cncc1CNC(=O)c1nc2sc3c(c2c(=O)[nH]1)CCC3. The lowest BCUT2D eigenvalue weighted by Crippen LogP contribution is -2.28. The fourth-order valence-electron chi connectivity index (χ4n) is 2.92. The third-order valence-electron chi connectivity index (χ3n) is 4.14. The van der Waals surface area contributed by atoms with Crippen molar-refractivity contribution in [1.29, 1.82) is 0 Å². The van der Waals surface area contributed by atoms with E-state index in [1.165, 1.54) is 16.2 Å². The summed E-state index contributed by atoms with van der Waals surface area (Å²) in [6.45, 7) is 0.331. The molecule has 2 N–H and O–H groups in total. The van der Waals surface area contributed by atoms with Gasteiger partial charge in [0.2, 0.25) is 5.82 Å². The molecule has 3 aromatic heterocycles. The van der Waals surface area contributed by atoms with E-state index in [1.807, 2.05) is 11.6 Å². The first-order valence-electron chi connectivity index (χ1n) is 7.41. The Labute approximate surface area is 135 Å². The number of H-pyrrole nitrogens is 1. The Morgan fingerprint density at radius 2 is 2.35 bits per heavy atom. The van der Waals surface area contributed by atoms with Gasteiger partial charge in [0.05, 0.1) is 24.0 Å². The lowest BCUT2D eigenvalue weighted by Gasteiger charge is -2.05. The van der Waals surface area contributed by atoms with Gasteiger partial charge in [0.1, 0.15) is 4.83 Å². The minimum absolute atomic E-state index is 0.0598. The number of nitrogens with zero attached hydrogens (tertiary/aromatic N) is 3. The summed E-state index contributed by atoms with van der Waals surface area (Å²) in [6, 6.07) is 0. The molecule has 118 valence electrons. The zero-order valence-electron chi connectivity index (χ0n) is 12.5. The number of amides is 1. The molecule has 3 heterocycles. The number of hydrogen-bond acceptors (Lipinski definition) is 5. The highest BCUT2D eigenvalue weighted by molar-refractivity contribution is 7.18. The quantitative estimate of drug-likeness (QED) is 0.753. The molecule has 0 saturated heterocycles. The molecule has 0 bridgehead atoms. The van der Waals surface area contributed by atoms with Gasteiger partial charge in [0, 0.05) is 18.1 Å². The number of nitrogens with one attached hydrogen (secondary N) is 2. The fourth-order valence-corrected chi connectivity index (χ4v) is 4.18. The Bertz CT molecular complexity index is 968. The van der Waals surface area contributed by atoms with Crippen molar-refractivity contribution in [3.05, 3.63) is 44.8 Å². The maximum Gasteiger partial charge on any atom is 0.287 e. The van der Waals surface area contributed by atoms with E-state index >= 15 is 0 Å². The Morgan fingerprint density at radius 3 is 3.13 bits per heavy atom. The largest absolute Gasteiger partial charge is 0.344 e. The van der Waals surface area contributed by atoms with Crippen molar-refractivity contribution >= 4 is 27.5 Å². The molecule has 0 saturated carbocycles. The summed E-state index contributed by atoms with van der Waals surface area (Å²) in [5.74, 6) is -0.330. The highest BCUT2D eigenvalue weighted by Gasteiger charge is 2.22. The lowest BCUT2D eigenvalue weighted by molar-refractivity contribution is 0.0940. The normalized spacial score (nSPS) is 13.4. The number of imidazole rings is 1. The third kappa shape index (κ3) is 2.35. The zero-order valence-corrected chi connectivity index (χ0v) is 13.4. The van der Waals surface area contributed by atoms with Crippen LogP contribution in [0.15, 0.2) is 17.3 Å². The Morgan fingerprint density at radius 1 is 1.48 bits per heavy atom. The molecule has 0 aromatic carbocycles. The summed E-state index contributed by atoms with van der Waals surface area (Å²) in [7, 11) is 1.86. The van der Waals surface area contributed by atoms with Crippen molar-refractivity contribution in [3.63, 3.8) is 0 Å². The second-order valence-corrected chi connectivity index (χ2v) is 6.71. The summed E-state index contributed by atoms with van der Waals surface area (Å²) in [6.07, 6.45) is 6.36. The van der Waals surface area contributed by atoms with Crippen molar-refractivity contribution in [1.82, 2.24) is 24.8 Å². The number of rotatable bonds is 3. The van der Waals surface area contributed by atoms with Crippen LogP contribution < -0.4 is 10.9 Å². The molecule has 1 aliphatic carbocycles. The number of carbonyl (C=O) groups excluding carboxylic acids is 1. The van der Waals surface area contributed by atoms with Crippen LogP contribution in [0.5, 0.6) is 0 Å². The minimum Gasteiger partial charge on any atom is -0.344 e. The molecular formula is C15H15N5O2S. The third-order valence-corrected chi connectivity index (χ3v) is 5.32. The first-order valence-corrected chi connectivity index (χ1v) is 8.23. The maximum absolute atomic E-state index is 12.3. The second-order valence-electron chi connectivity index (χ2n) is 5.63. The molecule has 0 unspecified atom stereocenters. The number of carbonyl (C=O) groups is 1. The van der Waals surface area contributed by atoms with E-state index in [0.717, 1.165) is 30.5 Å². The van der Waals surface area contributed by atoms with E-state index in [1.54, 1.807) is 12.5 Å². The van der Waals surface area contributed by atoms with E-state index in [0.29, 0.717) is 16.8 Å². The monoisotopic (exact) mass is 329 g/mol. The maximum atomic E-state index is 12.3. The molecule has 7 nitrogen and oxygen atoms in total. The summed E-state index contributed by atoms with van der Waals surface area (Å²) in [5.41, 5.74) is 1.76. The Kier molecular flexibility index (Phi) is 3.26. The van der Waals surface area contributed by atoms with Crippen molar-refractivity contribution in [3.8, 4) is 0 Å². The van der Waals surface area contributed by atoms with Crippen LogP contribution in [0.3, 0.4) is 0 Å². The van der Waals surface area contributed by atoms with Gasteiger partial charge in [-0.3, -0.25) is 9.59 Å². The van der Waals surface area contributed by atoms with Crippen LogP contribution in [0, 0.1) is 0 Å². The van der Waals surface area contributed by atoms with Gasteiger partial charge in [-0.15, -0.1) is 11.3 Å². The van der Waals surface area contributed by atoms with Crippen LogP contribution in [0.1, 0.15) is 33.2 Å². The number of aromatic nitrogens is 4.